The summed E-state index contributed by atoms with van der Waals surface area (Å²) in [5.41, 5.74) is -1.11. The van der Waals surface area contributed by atoms with Crippen molar-refractivity contribution in [2.45, 2.75) is 25.1 Å². The number of nitrogens with one attached hydrogen (secondary N) is 2. The number of carbonyl (C=O) groups is 3. The van der Waals surface area contributed by atoms with Crippen LogP contribution in [0, 0.1) is 0 Å². The van der Waals surface area contributed by atoms with Crippen molar-refractivity contribution in [3.8, 4) is 0 Å². The molecule has 1 aliphatic rings. The Labute approximate surface area is 232 Å². The number of halogens is 8. The number of nitrogens with zero attached hydrogens (tertiary/aromatic N) is 2. The van der Waals surface area contributed by atoms with Crippen LogP contribution in [-0.4, -0.2) is 80.7 Å². The predicted molar refractivity (Wildman–Crippen MR) is 132 cm³/mol. The van der Waals surface area contributed by atoms with Gasteiger partial charge >= 0.3 is 6.18 Å². The summed E-state index contributed by atoms with van der Waals surface area (Å²) in [6, 6.07) is 3.79. The second-order valence-electron chi connectivity index (χ2n) is 8.43. The van der Waals surface area contributed by atoms with Crippen molar-refractivity contribution in [1.29, 1.82) is 0 Å². The van der Waals surface area contributed by atoms with E-state index in [2.05, 4.69) is 10.6 Å². The maximum atomic E-state index is 13.9. The molecule has 0 spiro atoms. The van der Waals surface area contributed by atoms with Crippen LogP contribution in [0.1, 0.15) is 21.7 Å². The normalized spacial score (nSPS) is 15.2. The Hall–Kier alpha value is -2.95. The highest BCUT2D eigenvalue weighted by Gasteiger charge is 2.38. The van der Waals surface area contributed by atoms with Gasteiger partial charge in [0, 0.05) is 24.3 Å². The Bertz CT molecular complexity index is 1210. The molecule has 1 aliphatic heterocycles. The standard InChI is InChI=1S/C23H22ClF7N4O4S/c24-17-4-3-16(40-17)22(38)32-8-15(34(9-18(25)26)11-23(29,30)31)21(37)33-12-1-2-14(13(7-12)20(27)28)35-5-6-39-10-19(35)36/h1-4,7,15,18,20H,5-6,8-11H2,(H,32,38)(H,33,37)/t15-/m0/s1. The molecular formula is C23H22ClF7N4O4S. The van der Waals surface area contributed by atoms with Gasteiger partial charge in [0.05, 0.1) is 34.6 Å². The highest BCUT2D eigenvalue weighted by Crippen LogP contribution is 2.33. The molecule has 220 valence electrons. The number of carbonyl (C=O) groups excluding carboxylic acids is 3. The summed E-state index contributed by atoms with van der Waals surface area (Å²) < 4.78 is 99.0. The molecular weight excluding hydrogens is 597 g/mol. The molecule has 1 aromatic heterocycles. The Morgan fingerprint density at radius 2 is 1.88 bits per heavy atom. The Kier molecular flexibility index (Phi) is 10.7. The van der Waals surface area contributed by atoms with Crippen molar-refractivity contribution < 1.29 is 49.9 Å². The fraction of sp³-hybridized carbons (Fsp3) is 0.435. The van der Waals surface area contributed by atoms with Crippen LogP contribution >= 0.6 is 22.9 Å². The van der Waals surface area contributed by atoms with Crippen LogP contribution < -0.4 is 15.5 Å². The summed E-state index contributed by atoms with van der Waals surface area (Å²) in [5, 5.41) is 4.39. The molecule has 0 unspecified atom stereocenters. The molecule has 1 atom stereocenters. The summed E-state index contributed by atoms with van der Waals surface area (Å²) in [5.74, 6) is -2.68. The van der Waals surface area contributed by atoms with E-state index >= 15 is 0 Å². The van der Waals surface area contributed by atoms with Gasteiger partial charge in [0.15, 0.2) is 0 Å². The van der Waals surface area contributed by atoms with Gasteiger partial charge in [-0.15, -0.1) is 11.3 Å². The third kappa shape index (κ3) is 8.78. The number of hydrogen-bond donors (Lipinski definition) is 2. The smallest absolute Gasteiger partial charge is 0.370 e. The van der Waals surface area contributed by atoms with E-state index in [1.54, 1.807) is 0 Å². The molecule has 0 radical (unpaired) electrons. The van der Waals surface area contributed by atoms with Gasteiger partial charge in [-0.1, -0.05) is 11.6 Å². The summed E-state index contributed by atoms with van der Waals surface area (Å²) in [6.45, 7) is -4.47. The van der Waals surface area contributed by atoms with E-state index in [1.165, 1.54) is 12.1 Å². The number of alkyl halides is 7. The van der Waals surface area contributed by atoms with Gasteiger partial charge in [0.25, 0.3) is 24.7 Å². The molecule has 0 aliphatic carbocycles. The van der Waals surface area contributed by atoms with Gasteiger partial charge in [0.2, 0.25) is 5.91 Å². The van der Waals surface area contributed by atoms with Gasteiger partial charge in [-0.3, -0.25) is 19.3 Å². The van der Waals surface area contributed by atoms with Crippen molar-refractivity contribution in [1.82, 2.24) is 10.2 Å². The monoisotopic (exact) mass is 618 g/mol. The quantitative estimate of drug-likeness (QED) is 0.360. The lowest BCUT2D eigenvalue weighted by Gasteiger charge is -2.31. The van der Waals surface area contributed by atoms with Crippen molar-refractivity contribution in [2.24, 2.45) is 0 Å². The maximum absolute atomic E-state index is 13.9. The van der Waals surface area contributed by atoms with E-state index in [0.717, 1.165) is 34.4 Å². The van der Waals surface area contributed by atoms with Crippen LogP contribution in [0.4, 0.5) is 42.1 Å². The number of amides is 3. The van der Waals surface area contributed by atoms with E-state index in [9.17, 15) is 45.1 Å². The number of morpholine rings is 1. The topological polar surface area (TPSA) is 91.0 Å². The molecule has 2 aromatic rings. The fourth-order valence-corrected chi connectivity index (χ4v) is 4.82. The molecule has 2 heterocycles. The van der Waals surface area contributed by atoms with E-state index < -0.39 is 68.0 Å². The second-order valence-corrected chi connectivity index (χ2v) is 10.1. The van der Waals surface area contributed by atoms with Gasteiger partial charge in [-0.05, 0) is 30.3 Å². The molecule has 1 saturated heterocycles. The van der Waals surface area contributed by atoms with Crippen molar-refractivity contribution in [3.63, 3.8) is 0 Å². The van der Waals surface area contributed by atoms with Gasteiger partial charge in [0.1, 0.15) is 12.6 Å². The molecule has 3 rings (SSSR count). The van der Waals surface area contributed by atoms with Crippen molar-refractivity contribution >= 4 is 52.0 Å². The van der Waals surface area contributed by atoms with E-state index in [0.29, 0.717) is 0 Å². The van der Waals surface area contributed by atoms with E-state index in [1.807, 2.05) is 0 Å². The molecule has 0 saturated carbocycles. The summed E-state index contributed by atoms with van der Waals surface area (Å²) in [4.78, 5) is 38.9. The number of rotatable bonds is 11. The molecule has 3 amide bonds. The lowest BCUT2D eigenvalue weighted by atomic mass is 10.1. The first-order chi connectivity index (χ1) is 18.7. The average Bonchev–Trinajstić information content (AvgIpc) is 3.29. The molecule has 2 N–H and O–H groups in total. The van der Waals surface area contributed by atoms with Crippen LogP contribution in [-0.2, 0) is 14.3 Å². The van der Waals surface area contributed by atoms with Crippen LogP contribution in [0.15, 0.2) is 30.3 Å². The summed E-state index contributed by atoms with van der Waals surface area (Å²) in [6.07, 6.45) is -11.4. The van der Waals surface area contributed by atoms with Crippen molar-refractivity contribution in [2.75, 3.05) is 49.6 Å². The molecule has 1 aromatic carbocycles. The number of anilines is 2. The van der Waals surface area contributed by atoms with Gasteiger partial charge < -0.3 is 20.3 Å². The number of thiophene rings is 1. The zero-order valence-corrected chi connectivity index (χ0v) is 21.9. The van der Waals surface area contributed by atoms with Gasteiger partial charge in [-0.25, -0.2) is 17.6 Å². The molecule has 1 fully saturated rings. The predicted octanol–water partition coefficient (Wildman–Crippen LogP) is 4.57. The SMILES string of the molecule is O=C(NC[C@@H](C(=O)Nc1ccc(N2CCOCC2=O)c(C(F)F)c1)N(CC(F)F)CC(F)(F)F)c1ccc(Cl)s1. The Morgan fingerprint density at radius 3 is 2.45 bits per heavy atom. The fourth-order valence-electron chi connectivity index (χ4n) is 3.86. The minimum absolute atomic E-state index is 0.0124. The molecule has 17 heteroatoms. The maximum Gasteiger partial charge on any atom is 0.401 e. The Morgan fingerprint density at radius 1 is 1.15 bits per heavy atom. The Balaban J connectivity index is 1.88. The van der Waals surface area contributed by atoms with E-state index in [4.69, 9.17) is 16.3 Å². The van der Waals surface area contributed by atoms with Gasteiger partial charge in [-0.2, -0.15) is 13.2 Å². The first-order valence-electron chi connectivity index (χ1n) is 11.5. The zero-order chi connectivity index (χ0) is 29.6. The molecule has 0 bridgehead atoms. The number of benzene rings is 1. The zero-order valence-electron chi connectivity index (χ0n) is 20.3. The first kappa shape index (κ1) is 31.6. The number of hydrogen-bond acceptors (Lipinski definition) is 6. The highest BCUT2D eigenvalue weighted by atomic mass is 35.5. The highest BCUT2D eigenvalue weighted by molar-refractivity contribution is 7.18. The van der Waals surface area contributed by atoms with Crippen LogP contribution in [0.5, 0.6) is 0 Å². The average molecular weight is 619 g/mol. The summed E-state index contributed by atoms with van der Waals surface area (Å²) >= 11 is 6.61. The van der Waals surface area contributed by atoms with Crippen LogP contribution in [0.25, 0.3) is 0 Å². The largest absolute Gasteiger partial charge is 0.401 e. The van der Waals surface area contributed by atoms with E-state index in [-0.39, 0.29) is 45.2 Å². The third-order valence-corrected chi connectivity index (χ3v) is 6.79. The second kappa shape index (κ2) is 13.6. The van der Waals surface area contributed by atoms with Crippen LogP contribution in [0.3, 0.4) is 0 Å². The minimum Gasteiger partial charge on any atom is -0.370 e. The lowest BCUT2D eigenvalue weighted by Crippen LogP contribution is -2.54. The molecule has 8 nitrogen and oxygen atoms in total. The molecule has 40 heavy (non-hydrogen) atoms. The van der Waals surface area contributed by atoms with Crippen molar-refractivity contribution in [3.05, 3.63) is 45.1 Å². The summed E-state index contributed by atoms with van der Waals surface area (Å²) in [7, 11) is 0. The third-order valence-electron chi connectivity index (χ3n) is 5.56. The minimum atomic E-state index is -4.99. The van der Waals surface area contributed by atoms with Crippen LogP contribution in [0.2, 0.25) is 4.34 Å². The first-order valence-corrected chi connectivity index (χ1v) is 12.7. The lowest BCUT2D eigenvalue weighted by molar-refractivity contribution is -0.157. The number of ether oxygens (including phenoxy) is 1.